The predicted molar refractivity (Wildman–Crippen MR) is 128 cm³/mol. The van der Waals surface area contributed by atoms with E-state index in [2.05, 4.69) is 49.8 Å². The number of hydrogen-bond acceptors (Lipinski definition) is 8. The summed E-state index contributed by atoms with van der Waals surface area (Å²) in [5.41, 5.74) is 0.869. The lowest BCUT2D eigenvalue weighted by Gasteiger charge is -2.26. The molecule has 1 aliphatic heterocycles. The van der Waals surface area contributed by atoms with Crippen LogP contribution in [0, 0.1) is 5.92 Å². The van der Waals surface area contributed by atoms with Crippen LogP contribution >= 0.6 is 44.5 Å². The number of phenolic OH excluding ortho intramolecular Hbond substituents is 1. The molecule has 0 aliphatic carbocycles. The van der Waals surface area contributed by atoms with E-state index in [1.807, 2.05) is 6.92 Å². The first-order valence-electron chi connectivity index (χ1n) is 9.60. The lowest BCUT2D eigenvalue weighted by molar-refractivity contribution is -0.141. The van der Waals surface area contributed by atoms with Crippen LogP contribution in [-0.4, -0.2) is 36.3 Å². The number of carbonyl (C=O) groups excluding carboxylic acids is 2. The Balaban J connectivity index is 1.77. The van der Waals surface area contributed by atoms with Gasteiger partial charge in [-0.2, -0.15) is 12.6 Å². The fraction of sp³-hybridized carbons (Fsp3) is 0.333. The molecule has 0 aromatic heterocycles. The second kappa shape index (κ2) is 11.2. The number of aromatic hydroxyl groups is 1. The normalized spacial score (nSPS) is 13.9. The summed E-state index contributed by atoms with van der Waals surface area (Å²) in [4.78, 5) is 24.1. The van der Waals surface area contributed by atoms with Gasteiger partial charge in [0.15, 0.2) is 11.5 Å². The Morgan fingerprint density at radius 1 is 1.22 bits per heavy atom. The van der Waals surface area contributed by atoms with Gasteiger partial charge in [-0.3, -0.25) is 10.1 Å². The molecule has 2 aromatic rings. The molecule has 0 spiro atoms. The third-order valence-electron chi connectivity index (χ3n) is 4.70. The van der Waals surface area contributed by atoms with Gasteiger partial charge in [-0.05, 0) is 46.6 Å². The summed E-state index contributed by atoms with van der Waals surface area (Å²) in [5.74, 6) is 0.311. The first kappa shape index (κ1) is 24.5. The van der Waals surface area contributed by atoms with Crippen LogP contribution in [0.2, 0.25) is 0 Å². The average molecular weight is 591 g/mol. The molecule has 0 saturated heterocycles. The molecule has 2 atom stereocenters. The largest absolute Gasteiger partial charge is 0.506 e. The zero-order chi connectivity index (χ0) is 23.3. The van der Waals surface area contributed by atoms with Crippen molar-refractivity contribution < 1.29 is 33.6 Å². The Labute approximate surface area is 207 Å². The number of anilines is 1. The fourth-order valence-electron chi connectivity index (χ4n) is 3.08. The molecule has 1 heterocycles. The molecule has 0 unspecified atom stereocenters. The van der Waals surface area contributed by atoms with E-state index in [4.69, 9.17) is 18.9 Å². The zero-order valence-electron chi connectivity index (χ0n) is 17.0. The topological polar surface area (TPSA) is 103 Å². The number of amides is 1. The minimum absolute atomic E-state index is 0.0222. The minimum Gasteiger partial charge on any atom is -0.506 e. The average Bonchev–Trinajstić information content (AvgIpc) is 3.22. The zero-order valence-corrected chi connectivity index (χ0v) is 21.0. The van der Waals surface area contributed by atoms with Gasteiger partial charge < -0.3 is 24.1 Å². The first-order valence-corrected chi connectivity index (χ1v) is 11.8. The molecule has 0 bridgehead atoms. The standard InChI is InChI=1S/C21H21Br2NO7S/c1-11(4-5-28-18(25)9-32)20(14-6-12(22)7-15(23)19(14)26)31-21(27)24-13-2-3-16-17(8-13)30-10-29-16/h2-3,6-8,11,20,26,32H,4-5,9-10H2,1H3,(H,24,27)/t11-,20+/m1/s1. The summed E-state index contributed by atoms with van der Waals surface area (Å²) < 4.78 is 22.5. The van der Waals surface area contributed by atoms with Gasteiger partial charge in [-0.25, -0.2) is 4.79 Å². The number of phenols is 1. The van der Waals surface area contributed by atoms with Crippen molar-refractivity contribution in [3.05, 3.63) is 44.8 Å². The van der Waals surface area contributed by atoms with Crippen molar-refractivity contribution >= 4 is 62.2 Å². The van der Waals surface area contributed by atoms with Crippen molar-refractivity contribution in [3.8, 4) is 17.2 Å². The second-order valence-corrected chi connectivity index (χ2v) is 9.08. The van der Waals surface area contributed by atoms with Crippen LogP contribution in [0.15, 0.2) is 39.3 Å². The molecule has 0 radical (unpaired) electrons. The number of benzene rings is 2. The SMILES string of the molecule is C[C@H](CCOC(=O)CS)[C@H](OC(=O)Nc1ccc2c(c1)OCO2)c1cc(Br)cc(Br)c1O. The third kappa shape index (κ3) is 6.23. The number of hydrogen-bond donors (Lipinski definition) is 3. The van der Waals surface area contributed by atoms with Crippen molar-refractivity contribution in [1.82, 2.24) is 0 Å². The van der Waals surface area contributed by atoms with Crippen molar-refractivity contribution in [3.63, 3.8) is 0 Å². The highest BCUT2D eigenvalue weighted by Gasteiger charge is 2.28. The molecule has 2 N–H and O–H groups in total. The van der Waals surface area contributed by atoms with Crippen LogP contribution in [0.25, 0.3) is 0 Å². The van der Waals surface area contributed by atoms with Crippen LogP contribution in [0.5, 0.6) is 17.2 Å². The molecule has 2 aromatic carbocycles. The highest BCUT2D eigenvalue weighted by Crippen LogP contribution is 2.41. The maximum Gasteiger partial charge on any atom is 0.412 e. The lowest BCUT2D eigenvalue weighted by Crippen LogP contribution is -2.23. The first-order chi connectivity index (χ1) is 15.3. The van der Waals surface area contributed by atoms with E-state index >= 15 is 0 Å². The Kier molecular flexibility index (Phi) is 8.55. The maximum atomic E-state index is 12.7. The molecular weight excluding hydrogens is 570 g/mol. The molecule has 8 nitrogen and oxygen atoms in total. The smallest absolute Gasteiger partial charge is 0.412 e. The quantitative estimate of drug-likeness (QED) is 0.278. The molecule has 0 fully saturated rings. The Morgan fingerprint density at radius 3 is 2.72 bits per heavy atom. The molecule has 3 rings (SSSR count). The number of thiol groups is 1. The monoisotopic (exact) mass is 589 g/mol. The third-order valence-corrected chi connectivity index (χ3v) is 6.02. The highest BCUT2D eigenvalue weighted by molar-refractivity contribution is 9.11. The summed E-state index contributed by atoms with van der Waals surface area (Å²) >= 11 is 10.6. The Morgan fingerprint density at radius 2 is 1.97 bits per heavy atom. The van der Waals surface area contributed by atoms with Crippen molar-refractivity contribution in [2.45, 2.75) is 19.4 Å². The number of rotatable bonds is 8. The Bertz CT molecular complexity index is 1000. The van der Waals surface area contributed by atoms with Crippen LogP contribution in [0.3, 0.4) is 0 Å². The summed E-state index contributed by atoms with van der Waals surface area (Å²) in [6.07, 6.45) is -1.15. The summed E-state index contributed by atoms with van der Waals surface area (Å²) in [6.45, 7) is 2.08. The summed E-state index contributed by atoms with van der Waals surface area (Å²) in [7, 11) is 0. The van der Waals surface area contributed by atoms with E-state index in [9.17, 15) is 14.7 Å². The summed E-state index contributed by atoms with van der Waals surface area (Å²) in [6, 6.07) is 8.34. The minimum atomic E-state index is -0.826. The van der Waals surface area contributed by atoms with Crippen LogP contribution < -0.4 is 14.8 Å². The number of esters is 1. The predicted octanol–water partition coefficient (Wildman–Crippen LogP) is 5.43. The van der Waals surface area contributed by atoms with E-state index in [1.54, 1.807) is 30.3 Å². The van der Waals surface area contributed by atoms with Crippen LogP contribution in [0.1, 0.15) is 25.0 Å². The van der Waals surface area contributed by atoms with Crippen LogP contribution in [-0.2, 0) is 14.3 Å². The van der Waals surface area contributed by atoms with E-state index in [0.29, 0.717) is 38.1 Å². The molecule has 11 heteroatoms. The van der Waals surface area contributed by atoms with E-state index in [1.165, 1.54) is 0 Å². The molecule has 1 amide bonds. The van der Waals surface area contributed by atoms with E-state index in [-0.39, 0.29) is 30.8 Å². The van der Waals surface area contributed by atoms with Gasteiger partial charge in [-0.1, -0.05) is 22.9 Å². The van der Waals surface area contributed by atoms with Crippen molar-refractivity contribution in [2.75, 3.05) is 24.5 Å². The van der Waals surface area contributed by atoms with Crippen molar-refractivity contribution in [1.29, 1.82) is 0 Å². The summed E-state index contributed by atoms with van der Waals surface area (Å²) in [5, 5.41) is 13.3. The molecule has 0 saturated carbocycles. The van der Waals surface area contributed by atoms with Gasteiger partial charge in [0.05, 0.1) is 16.8 Å². The lowest BCUT2D eigenvalue weighted by atomic mass is 9.94. The van der Waals surface area contributed by atoms with E-state index in [0.717, 1.165) is 0 Å². The van der Waals surface area contributed by atoms with Gasteiger partial charge in [0.2, 0.25) is 6.79 Å². The maximum absolute atomic E-state index is 12.7. The molecular formula is C21H21Br2NO7S. The van der Waals surface area contributed by atoms with Gasteiger partial charge >= 0.3 is 12.1 Å². The van der Waals surface area contributed by atoms with Gasteiger partial charge in [0.25, 0.3) is 0 Å². The van der Waals surface area contributed by atoms with Gasteiger partial charge in [0, 0.05) is 27.7 Å². The number of fused-ring (bicyclic) bond motifs is 1. The number of ether oxygens (including phenoxy) is 4. The van der Waals surface area contributed by atoms with Crippen LogP contribution in [0.4, 0.5) is 10.5 Å². The number of nitrogens with one attached hydrogen (secondary N) is 1. The molecule has 1 aliphatic rings. The fourth-order valence-corrected chi connectivity index (χ4v) is 4.43. The number of carbonyl (C=O) groups is 2. The van der Waals surface area contributed by atoms with Gasteiger partial charge in [0.1, 0.15) is 11.9 Å². The Hall–Kier alpha value is -2.11. The number of halogens is 2. The van der Waals surface area contributed by atoms with Crippen molar-refractivity contribution in [2.24, 2.45) is 5.92 Å². The van der Waals surface area contributed by atoms with Gasteiger partial charge in [-0.15, -0.1) is 0 Å². The molecule has 172 valence electrons. The second-order valence-electron chi connectivity index (χ2n) is 6.99. The molecule has 32 heavy (non-hydrogen) atoms. The van der Waals surface area contributed by atoms with E-state index < -0.39 is 18.2 Å². The highest BCUT2D eigenvalue weighted by atomic mass is 79.9.